The quantitative estimate of drug-likeness (QED) is 0.224. The number of benzene rings is 1. The minimum atomic E-state index is -4.59. The van der Waals surface area contributed by atoms with Gasteiger partial charge in [-0.2, -0.15) is 18.3 Å². The Hall–Kier alpha value is -3.37. The Morgan fingerprint density at radius 2 is 1.91 bits per heavy atom. The lowest BCUT2D eigenvalue weighted by Crippen LogP contribution is -2.34. The number of ether oxygens (including phenoxy) is 1. The molecular weight excluding hydrogens is 555 g/mol. The number of halogens is 3. The molecule has 2 atom stereocenters. The number of imidazole rings is 1. The zero-order valence-corrected chi connectivity index (χ0v) is 25.1. The summed E-state index contributed by atoms with van der Waals surface area (Å²) in [6.45, 7) is 7.52. The summed E-state index contributed by atoms with van der Waals surface area (Å²) in [6.07, 6.45) is 5.85. The van der Waals surface area contributed by atoms with Gasteiger partial charge in [-0.3, -0.25) is 18.5 Å². The molecule has 1 saturated carbocycles. The number of pyridine rings is 1. The molecule has 2 fully saturated rings. The van der Waals surface area contributed by atoms with Crippen molar-refractivity contribution in [2.75, 3.05) is 26.8 Å². The highest BCUT2D eigenvalue weighted by atomic mass is 19.4. The van der Waals surface area contributed by atoms with Crippen LogP contribution in [0.2, 0.25) is 0 Å². The summed E-state index contributed by atoms with van der Waals surface area (Å²) in [4.78, 5) is 15.9. The summed E-state index contributed by atoms with van der Waals surface area (Å²) in [6, 6.07) is 8.87. The Morgan fingerprint density at radius 1 is 1.09 bits per heavy atom. The fourth-order valence-corrected chi connectivity index (χ4v) is 6.87. The Labute approximate surface area is 249 Å². The molecule has 0 amide bonds. The van der Waals surface area contributed by atoms with E-state index in [0.717, 1.165) is 62.0 Å². The average Bonchev–Trinajstić information content (AvgIpc) is 3.47. The largest absolute Gasteiger partial charge is 0.418 e. The van der Waals surface area contributed by atoms with Gasteiger partial charge >= 0.3 is 11.9 Å². The number of aromatic nitrogens is 4. The molecule has 1 unspecified atom stereocenters. The Kier molecular flexibility index (Phi) is 8.26. The second-order valence-corrected chi connectivity index (χ2v) is 12.5. The highest BCUT2D eigenvalue weighted by Crippen LogP contribution is 2.44. The van der Waals surface area contributed by atoms with Crippen LogP contribution in [0.15, 0.2) is 53.7 Å². The molecule has 0 radical (unpaired) electrons. The van der Waals surface area contributed by atoms with E-state index < -0.39 is 17.4 Å². The first-order valence-corrected chi connectivity index (χ1v) is 15.3. The maximum Gasteiger partial charge on any atom is 0.418 e. The highest BCUT2D eigenvalue weighted by Gasteiger charge is 2.35. The SMILES string of the molecule is COCCn1cc(C)c(C(c2cccc(-n3cc4c(C(F)(F)F)cc(CN5CCC[C@H](C)C5)cn4c3=O)c2)C2CCC2)n1. The number of alkyl halides is 3. The van der Waals surface area contributed by atoms with Crippen molar-refractivity contribution in [1.82, 2.24) is 23.6 Å². The summed E-state index contributed by atoms with van der Waals surface area (Å²) in [5.74, 6) is 0.957. The molecule has 0 bridgehead atoms. The summed E-state index contributed by atoms with van der Waals surface area (Å²) in [7, 11) is 1.67. The number of rotatable bonds is 9. The van der Waals surface area contributed by atoms with Crippen molar-refractivity contribution >= 4 is 5.52 Å². The van der Waals surface area contributed by atoms with Gasteiger partial charge in [0.25, 0.3) is 0 Å². The first kappa shape index (κ1) is 29.7. The third kappa shape index (κ3) is 6.04. The van der Waals surface area contributed by atoms with Crippen LogP contribution >= 0.6 is 0 Å². The summed E-state index contributed by atoms with van der Waals surface area (Å²) < 4.78 is 52.7. The molecule has 230 valence electrons. The predicted molar refractivity (Wildman–Crippen MR) is 160 cm³/mol. The summed E-state index contributed by atoms with van der Waals surface area (Å²) in [5, 5.41) is 4.92. The zero-order valence-electron chi connectivity index (χ0n) is 25.1. The molecule has 0 spiro atoms. The topological polar surface area (TPSA) is 56.7 Å². The number of likely N-dealkylation sites (tertiary alicyclic amines) is 1. The number of methoxy groups -OCH3 is 1. The van der Waals surface area contributed by atoms with E-state index >= 15 is 0 Å². The van der Waals surface area contributed by atoms with Crippen molar-refractivity contribution in [2.45, 2.75) is 71.1 Å². The minimum Gasteiger partial charge on any atom is -0.383 e. The van der Waals surface area contributed by atoms with Crippen molar-refractivity contribution in [1.29, 1.82) is 0 Å². The summed E-state index contributed by atoms with van der Waals surface area (Å²) >= 11 is 0. The molecule has 1 saturated heterocycles. The molecule has 2 aliphatic rings. The number of fused-ring (bicyclic) bond motifs is 1. The van der Waals surface area contributed by atoms with E-state index in [2.05, 4.69) is 18.7 Å². The van der Waals surface area contributed by atoms with Crippen LogP contribution in [0, 0.1) is 18.8 Å². The van der Waals surface area contributed by atoms with E-state index in [4.69, 9.17) is 9.84 Å². The molecule has 7 nitrogen and oxygen atoms in total. The van der Waals surface area contributed by atoms with Crippen molar-refractivity contribution in [2.24, 2.45) is 11.8 Å². The van der Waals surface area contributed by atoms with Crippen LogP contribution in [0.5, 0.6) is 0 Å². The van der Waals surface area contributed by atoms with E-state index in [9.17, 15) is 18.0 Å². The third-order valence-electron chi connectivity index (χ3n) is 9.21. The summed E-state index contributed by atoms with van der Waals surface area (Å²) in [5.41, 5.74) is 2.72. The second kappa shape index (κ2) is 12.0. The van der Waals surface area contributed by atoms with Crippen LogP contribution in [-0.4, -0.2) is 50.5 Å². The number of aryl methyl sites for hydroxylation is 1. The van der Waals surface area contributed by atoms with Gasteiger partial charge in [-0.1, -0.05) is 25.5 Å². The lowest BCUT2D eigenvalue weighted by Gasteiger charge is -2.34. The zero-order chi connectivity index (χ0) is 30.3. The van der Waals surface area contributed by atoms with Gasteiger partial charge in [0.2, 0.25) is 0 Å². The molecule has 10 heteroatoms. The molecular formula is C33H40F3N5O2. The maximum absolute atomic E-state index is 14.3. The Bertz CT molecular complexity index is 1650. The van der Waals surface area contributed by atoms with Crippen LogP contribution in [0.25, 0.3) is 11.2 Å². The van der Waals surface area contributed by atoms with E-state index in [-0.39, 0.29) is 11.4 Å². The van der Waals surface area contributed by atoms with E-state index in [1.54, 1.807) is 19.4 Å². The average molecular weight is 596 g/mol. The smallest absolute Gasteiger partial charge is 0.383 e. The van der Waals surface area contributed by atoms with E-state index in [1.807, 2.05) is 29.1 Å². The second-order valence-electron chi connectivity index (χ2n) is 12.5. The van der Waals surface area contributed by atoms with Crippen LogP contribution in [0.4, 0.5) is 13.2 Å². The lowest BCUT2D eigenvalue weighted by molar-refractivity contribution is -0.136. The normalized spacial score (nSPS) is 19.2. The van der Waals surface area contributed by atoms with Crippen molar-refractivity contribution in [3.8, 4) is 5.69 Å². The van der Waals surface area contributed by atoms with Gasteiger partial charge in [-0.25, -0.2) is 4.79 Å². The number of hydrogen-bond donors (Lipinski definition) is 0. The van der Waals surface area contributed by atoms with Crippen molar-refractivity contribution in [3.63, 3.8) is 0 Å². The highest BCUT2D eigenvalue weighted by molar-refractivity contribution is 5.58. The van der Waals surface area contributed by atoms with Gasteiger partial charge in [0.15, 0.2) is 0 Å². The molecule has 3 aromatic heterocycles. The minimum absolute atomic E-state index is 0.0366. The first-order valence-electron chi connectivity index (χ1n) is 15.3. The molecule has 1 aliphatic carbocycles. The van der Waals surface area contributed by atoms with Crippen molar-refractivity contribution in [3.05, 3.63) is 87.4 Å². The van der Waals surface area contributed by atoms with E-state index in [1.165, 1.54) is 21.2 Å². The molecule has 4 heterocycles. The molecule has 1 aliphatic heterocycles. The van der Waals surface area contributed by atoms with Gasteiger partial charge in [0.05, 0.1) is 35.6 Å². The van der Waals surface area contributed by atoms with E-state index in [0.29, 0.717) is 42.8 Å². The molecule has 43 heavy (non-hydrogen) atoms. The van der Waals surface area contributed by atoms with Crippen LogP contribution in [0.3, 0.4) is 0 Å². The van der Waals surface area contributed by atoms with Gasteiger partial charge in [-0.15, -0.1) is 0 Å². The molecule has 0 N–H and O–H groups in total. The number of nitrogens with zero attached hydrogens (tertiary/aromatic N) is 5. The molecule has 6 rings (SSSR count). The Balaban J connectivity index is 1.40. The van der Waals surface area contributed by atoms with Crippen LogP contribution in [0.1, 0.15) is 72.9 Å². The fourth-order valence-electron chi connectivity index (χ4n) is 6.87. The van der Waals surface area contributed by atoms with Gasteiger partial charge < -0.3 is 4.74 Å². The lowest BCUT2D eigenvalue weighted by atomic mass is 9.71. The predicted octanol–water partition coefficient (Wildman–Crippen LogP) is 6.42. The molecule has 1 aromatic carbocycles. The van der Waals surface area contributed by atoms with Gasteiger partial charge in [0.1, 0.15) is 0 Å². The van der Waals surface area contributed by atoms with Gasteiger partial charge in [-0.05, 0) is 85.9 Å². The van der Waals surface area contributed by atoms with Crippen molar-refractivity contribution < 1.29 is 17.9 Å². The van der Waals surface area contributed by atoms with Gasteiger partial charge in [0, 0.05) is 44.7 Å². The number of piperidine rings is 1. The van der Waals surface area contributed by atoms with Crippen LogP contribution in [-0.2, 0) is 24.0 Å². The monoisotopic (exact) mass is 595 g/mol. The Morgan fingerprint density at radius 3 is 2.60 bits per heavy atom. The third-order valence-corrected chi connectivity index (χ3v) is 9.21. The standard InChI is InChI=1S/C33H40F3N5O2/c1-22-7-6-12-38(17-22)19-24-15-28(33(34,35)36)29-21-40(32(42)41(29)20-24)27-11-5-10-26(16-27)30(25-8-4-9-25)31-23(2)18-39(37-31)13-14-43-3/h5,10-11,15-16,18,20-22,25,30H,4,6-9,12-14,17,19H2,1-3H3/t22-,30?/m0/s1. The fraction of sp³-hybridized carbons (Fsp3) is 0.515. The number of hydrogen-bond acceptors (Lipinski definition) is 4. The maximum atomic E-state index is 14.3. The first-order chi connectivity index (χ1) is 20.6. The van der Waals surface area contributed by atoms with Crippen LogP contribution < -0.4 is 5.69 Å². The molecule has 4 aromatic rings.